The summed E-state index contributed by atoms with van der Waals surface area (Å²) in [6, 6.07) is 29.0. The third-order valence-corrected chi connectivity index (χ3v) is 9.42. The molecule has 44 heavy (non-hydrogen) atoms. The summed E-state index contributed by atoms with van der Waals surface area (Å²) in [6.45, 7) is 2.66. The second-order valence-electron chi connectivity index (χ2n) is 11.5. The van der Waals surface area contributed by atoms with Crippen molar-refractivity contribution in [3.8, 4) is 21.7 Å². The van der Waals surface area contributed by atoms with Crippen molar-refractivity contribution in [2.75, 3.05) is 18.5 Å². The lowest BCUT2D eigenvalue weighted by atomic mass is 9.87. The zero-order chi connectivity index (χ0) is 30.0. The van der Waals surface area contributed by atoms with Gasteiger partial charge in [-0.05, 0) is 102 Å². The van der Waals surface area contributed by atoms with Crippen LogP contribution in [0.1, 0.15) is 47.4 Å². The van der Waals surface area contributed by atoms with Crippen molar-refractivity contribution >= 4 is 33.1 Å². The number of carbonyl (C=O) groups is 1. The van der Waals surface area contributed by atoms with Crippen LogP contribution in [0.5, 0.6) is 0 Å². The van der Waals surface area contributed by atoms with Crippen LogP contribution in [0.25, 0.3) is 31.9 Å². The van der Waals surface area contributed by atoms with Gasteiger partial charge in [0.25, 0.3) is 5.91 Å². The van der Waals surface area contributed by atoms with Crippen LogP contribution in [-0.2, 0) is 20.7 Å². The summed E-state index contributed by atoms with van der Waals surface area (Å²) in [4.78, 5) is 18.4. The van der Waals surface area contributed by atoms with Crippen LogP contribution >= 0.6 is 11.3 Å². The topological polar surface area (TPSA) is 80.7 Å². The van der Waals surface area contributed by atoms with E-state index in [1.807, 2.05) is 30.3 Å². The Hall–Kier alpha value is -4.30. The van der Waals surface area contributed by atoms with Crippen LogP contribution in [0, 0.1) is 6.92 Å². The van der Waals surface area contributed by atoms with E-state index >= 15 is 0 Å². The van der Waals surface area contributed by atoms with E-state index in [0.29, 0.717) is 25.1 Å². The first-order valence-electron chi connectivity index (χ1n) is 15.2. The van der Waals surface area contributed by atoms with Crippen LogP contribution in [0.15, 0.2) is 96.8 Å². The van der Waals surface area contributed by atoms with Crippen LogP contribution in [-0.4, -0.2) is 35.5 Å². The zero-order valence-electron chi connectivity index (χ0n) is 24.6. The van der Waals surface area contributed by atoms with E-state index in [4.69, 9.17) is 14.5 Å². The highest BCUT2D eigenvalue weighted by Gasteiger charge is 2.32. The van der Waals surface area contributed by atoms with Gasteiger partial charge in [0, 0.05) is 30.2 Å². The number of unbranched alkanes of at least 4 members (excludes halogenated alkanes) is 1. The molecule has 0 unspecified atom stereocenters. The number of nitrogens with one attached hydrogen (secondary N) is 1. The smallest absolute Gasteiger partial charge is 0.290 e. The van der Waals surface area contributed by atoms with Crippen molar-refractivity contribution in [1.82, 2.24) is 4.98 Å². The van der Waals surface area contributed by atoms with Crippen molar-refractivity contribution in [3.05, 3.63) is 119 Å². The van der Waals surface area contributed by atoms with Crippen molar-refractivity contribution in [1.29, 1.82) is 0 Å². The number of anilines is 1. The molecular formula is C37H34N2O4S. The summed E-state index contributed by atoms with van der Waals surface area (Å²) < 4.78 is 13.4. The molecule has 0 fully saturated rings. The highest BCUT2D eigenvalue weighted by molar-refractivity contribution is 7.21. The van der Waals surface area contributed by atoms with Gasteiger partial charge in [-0.3, -0.25) is 4.79 Å². The largest absolute Gasteiger partial charge is 0.459 e. The number of thiazole rings is 1. The zero-order valence-corrected chi connectivity index (χ0v) is 25.4. The predicted molar refractivity (Wildman–Crippen MR) is 176 cm³/mol. The summed E-state index contributed by atoms with van der Waals surface area (Å²) in [5.41, 5.74) is 10.3. The van der Waals surface area contributed by atoms with Crippen molar-refractivity contribution in [2.45, 2.75) is 44.8 Å². The van der Waals surface area contributed by atoms with Crippen LogP contribution in [0.2, 0.25) is 0 Å². The molecule has 1 aliphatic carbocycles. The van der Waals surface area contributed by atoms with Crippen LogP contribution in [0.3, 0.4) is 0 Å². The third-order valence-electron chi connectivity index (χ3n) is 8.36. The first-order chi connectivity index (χ1) is 21.6. The fraction of sp³-hybridized carbons (Fsp3) is 0.243. The van der Waals surface area contributed by atoms with Gasteiger partial charge >= 0.3 is 0 Å². The maximum atomic E-state index is 13.6. The number of aromatic nitrogens is 1. The number of benzene rings is 4. The minimum Gasteiger partial charge on any atom is -0.459 e. The van der Waals surface area contributed by atoms with Gasteiger partial charge in [0.15, 0.2) is 5.76 Å². The molecule has 2 N–H and O–H groups in total. The molecule has 6 nitrogen and oxygen atoms in total. The molecule has 0 radical (unpaired) electrons. The Bertz CT molecular complexity index is 1860. The quantitative estimate of drug-likeness (QED) is 0.164. The molecule has 0 spiro atoms. The third kappa shape index (κ3) is 5.78. The van der Waals surface area contributed by atoms with E-state index < -0.39 is 6.29 Å². The number of fused-ring (bicyclic) bond motifs is 4. The van der Waals surface area contributed by atoms with Crippen molar-refractivity contribution in [2.24, 2.45) is 0 Å². The van der Waals surface area contributed by atoms with Gasteiger partial charge in [0.2, 0.25) is 6.29 Å². The monoisotopic (exact) mass is 602 g/mol. The highest BCUT2D eigenvalue weighted by atomic mass is 32.1. The summed E-state index contributed by atoms with van der Waals surface area (Å²) in [5.74, 6) is -0.0912. The summed E-state index contributed by atoms with van der Waals surface area (Å²) in [5, 5.41) is 13.2. The molecule has 1 aliphatic heterocycles. The maximum Gasteiger partial charge on any atom is 0.290 e. The van der Waals surface area contributed by atoms with Gasteiger partial charge in [0.1, 0.15) is 5.01 Å². The average molecular weight is 603 g/mol. The molecule has 0 saturated heterocycles. The Morgan fingerprint density at radius 1 is 1.02 bits per heavy atom. The molecule has 5 aromatic rings. The molecule has 0 saturated carbocycles. The predicted octanol–water partition coefficient (Wildman–Crippen LogP) is 7.98. The molecule has 4 aromatic carbocycles. The number of hydrogen-bond acceptors (Lipinski definition) is 6. The van der Waals surface area contributed by atoms with E-state index in [2.05, 4.69) is 72.9 Å². The summed E-state index contributed by atoms with van der Waals surface area (Å²) >= 11 is 1.66. The molecule has 1 amide bonds. The number of aliphatic hydroxyl groups is 1. The van der Waals surface area contributed by atoms with E-state index in [1.165, 1.54) is 33.4 Å². The maximum absolute atomic E-state index is 13.6. The van der Waals surface area contributed by atoms with Gasteiger partial charge in [-0.15, -0.1) is 11.3 Å². The van der Waals surface area contributed by atoms with Gasteiger partial charge in [-0.2, -0.15) is 0 Å². The number of ether oxygens (including phenoxy) is 2. The van der Waals surface area contributed by atoms with E-state index in [9.17, 15) is 9.90 Å². The van der Waals surface area contributed by atoms with E-state index in [1.54, 1.807) is 11.3 Å². The number of nitrogens with zero attached hydrogens (tertiary/aromatic N) is 1. The minimum atomic E-state index is -0.561. The van der Waals surface area contributed by atoms with Gasteiger partial charge in [-0.1, -0.05) is 48.5 Å². The number of rotatable bonds is 9. The summed E-state index contributed by atoms with van der Waals surface area (Å²) in [6.07, 6.45) is 4.25. The van der Waals surface area contributed by atoms with Crippen LogP contribution < -0.4 is 5.32 Å². The molecular weight excluding hydrogens is 568 g/mol. The SMILES string of the molecule is Cc1ccc2nc(-c3ccc(NC(=O)C4=C[C@@H](c5cccc6c5Cc5ccccc5-6)C[C@@H](OCCCCO)O4)cc3)sc2c1. The molecule has 0 bridgehead atoms. The normalized spacial score (nSPS) is 17.1. The molecule has 222 valence electrons. The standard InChI is InChI=1S/C37H34N2O4S/c1-23-11-16-32-34(19-23)44-37(39-32)24-12-14-27(15-13-24)38-36(41)33-21-26(22-35(43-33)42-18-5-4-17-40)29-9-6-10-30-28-8-3-2-7-25(28)20-31(29)30/h2-3,6-16,19,21,26,35,40H,4-5,17-18,20,22H2,1H3,(H,38,41)/t26-,35+/m1/s1. The van der Waals surface area contributed by atoms with E-state index in [-0.39, 0.29) is 24.2 Å². The van der Waals surface area contributed by atoms with Gasteiger partial charge in [0.05, 0.1) is 16.8 Å². The van der Waals surface area contributed by atoms with Crippen LogP contribution in [0.4, 0.5) is 5.69 Å². The van der Waals surface area contributed by atoms with Crippen molar-refractivity contribution in [3.63, 3.8) is 0 Å². The first kappa shape index (κ1) is 28.5. The highest BCUT2D eigenvalue weighted by Crippen LogP contribution is 2.43. The Kier molecular flexibility index (Phi) is 8.00. The Morgan fingerprint density at radius 2 is 1.86 bits per heavy atom. The molecule has 2 heterocycles. The fourth-order valence-electron chi connectivity index (χ4n) is 6.14. The lowest BCUT2D eigenvalue weighted by Crippen LogP contribution is -2.30. The number of allylic oxidation sites excluding steroid dienone is 1. The average Bonchev–Trinajstić information content (AvgIpc) is 3.64. The first-order valence-corrected chi connectivity index (χ1v) is 16.0. The van der Waals surface area contributed by atoms with Crippen molar-refractivity contribution < 1.29 is 19.4 Å². The molecule has 7 heteroatoms. The molecule has 2 aliphatic rings. The Labute approximate surface area is 261 Å². The minimum absolute atomic E-state index is 0.0401. The van der Waals surface area contributed by atoms with Gasteiger partial charge < -0.3 is 19.9 Å². The molecule has 2 atom stereocenters. The number of aryl methyl sites for hydroxylation is 1. The molecule has 7 rings (SSSR count). The lowest BCUT2D eigenvalue weighted by molar-refractivity contribution is -0.143. The van der Waals surface area contributed by atoms with Gasteiger partial charge in [-0.25, -0.2) is 4.98 Å². The fourth-order valence-corrected chi connectivity index (χ4v) is 7.21. The number of aliphatic hydroxyl groups excluding tert-OH is 1. The summed E-state index contributed by atoms with van der Waals surface area (Å²) in [7, 11) is 0. The second-order valence-corrected chi connectivity index (χ2v) is 12.5. The molecule has 1 aromatic heterocycles. The number of carbonyl (C=O) groups excluding carboxylic acids is 1. The van der Waals surface area contributed by atoms with E-state index in [0.717, 1.165) is 33.6 Å². The second kappa shape index (κ2) is 12.4. The lowest BCUT2D eigenvalue weighted by Gasteiger charge is -2.30. The number of hydrogen-bond donors (Lipinski definition) is 2. The Morgan fingerprint density at radius 3 is 2.73 bits per heavy atom. The Balaban J connectivity index is 1.12. The number of amides is 1.